The van der Waals surface area contributed by atoms with Crippen LogP contribution in [0.5, 0.6) is 5.75 Å². The number of halogens is 2. The Balaban J connectivity index is 2.18. The average molecular weight is 328 g/mol. The van der Waals surface area contributed by atoms with Crippen molar-refractivity contribution in [1.82, 2.24) is 9.97 Å². The second-order valence-electron chi connectivity index (χ2n) is 3.51. The van der Waals surface area contributed by atoms with Crippen molar-refractivity contribution >= 4 is 33.5 Å². The lowest BCUT2D eigenvalue weighted by Gasteiger charge is -2.05. The number of esters is 1. The van der Waals surface area contributed by atoms with Crippen LogP contribution in [0.1, 0.15) is 16.2 Å². The van der Waals surface area contributed by atoms with Crippen LogP contribution in [-0.2, 0) is 0 Å². The van der Waals surface area contributed by atoms with Gasteiger partial charge < -0.3 is 4.74 Å². The molecule has 0 radical (unpaired) electrons. The number of carbonyl (C=O) groups is 1. The molecule has 0 saturated heterocycles. The lowest BCUT2D eigenvalue weighted by Crippen LogP contribution is -2.11. The van der Waals surface area contributed by atoms with Gasteiger partial charge in [0.15, 0.2) is 5.69 Å². The SMILES string of the molecule is Cc1cnc(C(=O)Oc2ccc(Br)cc2Cl)cn1. The van der Waals surface area contributed by atoms with Crippen LogP contribution in [0.15, 0.2) is 35.1 Å². The molecule has 92 valence electrons. The molecule has 4 nitrogen and oxygen atoms in total. The molecule has 1 heterocycles. The van der Waals surface area contributed by atoms with Crippen LogP contribution < -0.4 is 4.74 Å². The molecule has 1 aromatic heterocycles. The smallest absolute Gasteiger partial charge is 0.363 e. The summed E-state index contributed by atoms with van der Waals surface area (Å²) in [6, 6.07) is 4.98. The van der Waals surface area contributed by atoms with E-state index >= 15 is 0 Å². The topological polar surface area (TPSA) is 52.1 Å². The van der Waals surface area contributed by atoms with Gasteiger partial charge in [0.1, 0.15) is 5.75 Å². The first-order valence-corrected chi connectivity index (χ1v) is 6.19. The summed E-state index contributed by atoms with van der Waals surface area (Å²) in [5.74, 6) is -0.307. The fourth-order valence-electron chi connectivity index (χ4n) is 1.21. The van der Waals surface area contributed by atoms with E-state index in [1.54, 1.807) is 25.1 Å². The van der Waals surface area contributed by atoms with Gasteiger partial charge in [0.2, 0.25) is 0 Å². The molecule has 0 aliphatic heterocycles. The van der Waals surface area contributed by atoms with Crippen LogP contribution in [0.3, 0.4) is 0 Å². The van der Waals surface area contributed by atoms with Crippen molar-refractivity contribution < 1.29 is 9.53 Å². The van der Waals surface area contributed by atoms with Crippen molar-refractivity contribution in [1.29, 1.82) is 0 Å². The van der Waals surface area contributed by atoms with Crippen molar-refractivity contribution in [2.45, 2.75) is 6.92 Å². The monoisotopic (exact) mass is 326 g/mol. The number of benzene rings is 1. The summed E-state index contributed by atoms with van der Waals surface area (Å²) in [5, 5.41) is 0.345. The molecule has 18 heavy (non-hydrogen) atoms. The van der Waals surface area contributed by atoms with E-state index in [-0.39, 0.29) is 11.4 Å². The average Bonchev–Trinajstić information content (AvgIpc) is 2.33. The molecule has 0 unspecified atom stereocenters. The van der Waals surface area contributed by atoms with Crippen LogP contribution >= 0.6 is 27.5 Å². The maximum Gasteiger partial charge on any atom is 0.363 e. The Morgan fingerprint density at radius 2 is 2.11 bits per heavy atom. The van der Waals surface area contributed by atoms with E-state index in [0.717, 1.165) is 10.2 Å². The first-order valence-electron chi connectivity index (χ1n) is 5.02. The van der Waals surface area contributed by atoms with Crippen molar-refractivity contribution in [2.24, 2.45) is 0 Å². The lowest BCUT2D eigenvalue weighted by atomic mass is 10.3. The zero-order valence-electron chi connectivity index (χ0n) is 9.35. The molecule has 2 rings (SSSR count). The Labute approximate surface area is 117 Å². The quantitative estimate of drug-likeness (QED) is 0.626. The van der Waals surface area contributed by atoms with Crippen LogP contribution in [0.2, 0.25) is 5.02 Å². The largest absolute Gasteiger partial charge is 0.420 e. The number of carbonyl (C=O) groups excluding carboxylic acids is 1. The molecule has 2 aromatic rings. The highest BCUT2D eigenvalue weighted by Gasteiger charge is 2.12. The number of nitrogens with zero attached hydrogens (tertiary/aromatic N) is 2. The molecule has 0 fully saturated rings. The molecule has 0 atom stereocenters. The molecule has 6 heteroatoms. The predicted molar refractivity (Wildman–Crippen MR) is 70.9 cm³/mol. The molecule has 0 saturated carbocycles. The normalized spacial score (nSPS) is 10.2. The van der Waals surface area contributed by atoms with Gasteiger partial charge in [0.05, 0.1) is 16.9 Å². The summed E-state index contributed by atoms with van der Waals surface area (Å²) in [6.07, 6.45) is 2.87. The van der Waals surface area contributed by atoms with E-state index in [2.05, 4.69) is 25.9 Å². The van der Waals surface area contributed by atoms with Gasteiger partial charge in [0, 0.05) is 10.7 Å². The molecule has 0 spiro atoms. The van der Waals surface area contributed by atoms with Crippen LogP contribution in [0.4, 0.5) is 0 Å². The van der Waals surface area contributed by atoms with Gasteiger partial charge in [-0.25, -0.2) is 9.78 Å². The van der Waals surface area contributed by atoms with E-state index < -0.39 is 5.97 Å². The van der Waals surface area contributed by atoms with Crippen LogP contribution in [0.25, 0.3) is 0 Å². The molecule has 0 N–H and O–H groups in total. The summed E-state index contributed by atoms with van der Waals surface area (Å²) in [4.78, 5) is 19.7. The van der Waals surface area contributed by atoms with Gasteiger partial charge in [0.25, 0.3) is 0 Å². The maximum absolute atomic E-state index is 11.8. The van der Waals surface area contributed by atoms with Crippen molar-refractivity contribution in [3.63, 3.8) is 0 Å². The number of hydrogen-bond acceptors (Lipinski definition) is 4. The Kier molecular flexibility index (Phi) is 3.93. The molecule has 1 aromatic carbocycles. The van der Waals surface area contributed by atoms with Crippen LogP contribution in [-0.4, -0.2) is 15.9 Å². The summed E-state index contributed by atoms with van der Waals surface area (Å²) < 4.78 is 5.94. The zero-order valence-corrected chi connectivity index (χ0v) is 11.7. The standard InChI is InChI=1S/C12H8BrClN2O2/c1-7-5-16-10(6-15-7)12(17)18-11-3-2-8(13)4-9(11)14/h2-6H,1H3. The highest BCUT2D eigenvalue weighted by Crippen LogP contribution is 2.28. The summed E-state index contributed by atoms with van der Waals surface area (Å²) in [6.45, 7) is 1.79. The fourth-order valence-corrected chi connectivity index (χ4v) is 1.92. The number of hydrogen-bond donors (Lipinski definition) is 0. The Morgan fingerprint density at radius 3 is 2.72 bits per heavy atom. The molecule has 0 bridgehead atoms. The van der Waals surface area contributed by atoms with Crippen molar-refractivity contribution in [3.05, 3.63) is 51.5 Å². The number of ether oxygens (including phenoxy) is 1. The van der Waals surface area contributed by atoms with Gasteiger partial charge in [-0.1, -0.05) is 27.5 Å². The van der Waals surface area contributed by atoms with Crippen LogP contribution in [0, 0.1) is 6.92 Å². The fraction of sp³-hybridized carbons (Fsp3) is 0.0833. The highest BCUT2D eigenvalue weighted by molar-refractivity contribution is 9.10. The number of rotatable bonds is 2. The second-order valence-corrected chi connectivity index (χ2v) is 4.83. The molecule has 0 aliphatic rings. The maximum atomic E-state index is 11.8. The van der Waals surface area contributed by atoms with Gasteiger partial charge in [-0.15, -0.1) is 0 Å². The second kappa shape index (κ2) is 5.46. The van der Waals surface area contributed by atoms with E-state index in [0.29, 0.717) is 5.02 Å². The van der Waals surface area contributed by atoms with E-state index in [9.17, 15) is 4.79 Å². The van der Waals surface area contributed by atoms with Gasteiger partial charge in [-0.05, 0) is 25.1 Å². The van der Waals surface area contributed by atoms with Gasteiger partial charge in [-0.3, -0.25) is 4.98 Å². The molecule has 0 aliphatic carbocycles. The summed E-state index contributed by atoms with van der Waals surface area (Å²) >= 11 is 9.21. The Hall–Kier alpha value is -1.46. The third-order valence-electron chi connectivity index (χ3n) is 2.09. The highest BCUT2D eigenvalue weighted by atomic mass is 79.9. The summed E-state index contributed by atoms with van der Waals surface area (Å²) in [5.41, 5.74) is 0.868. The zero-order chi connectivity index (χ0) is 13.1. The van der Waals surface area contributed by atoms with E-state index in [4.69, 9.17) is 16.3 Å². The van der Waals surface area contributed by atoms with Crippen molar-refractivity contribution in [3.8, 4) is 5.75 Å². The minimum atomic E-state index is -0.591. The minimum Gasteiger partial charge on any atom is -0.420 e. The molecular weight excluding hydrogens is 320 g/mol. The van der Waals surface area contributed by atoms with E-state index in [1.807, 2.05) is 0 Å². The van der Waals surface area contributed by atoms with Crippen molar-refractivity contribution in [2.75, 3.05) is 0 Å². The molecule has 0 amide bonds. The third kappa shape index (κ3) is 3.05. The first-order chi connectivity index (χ1) is 8.56. The lowest BCUT2D eigenvalue weighted by molar-refractivity contribution is 0.0728. The van der Waals surface area contributed by atoms with Gasteiger partial charge >= 0.3 is 5.97 Å². The minimum absolute atomic E-state index is 0.139. The van der Waals surface area contributed by atoms with E-state index in [1.165, 1.54) is 12.4 Å². The van der Waals surface area contributed by atoms with Gasteiger partial charge in [-0.2, -0.15) is 0 Å². The predicted octanol–water partition coefficient (Wildman–Crippen LogP) is 3.42. The number of aryl methyl sites for hydroxylation is 1. The Bertz CT molecular complexity index is 587. The third-order valence-corrected chi connectivity index (χ3v) is 2.88. The number of aromatic nitrogens is 2. The first kappa shape index (κ1) is 13.0. The summed E-state index contributed by atoms with van der Waals surface area (Å²) in [7, 11) is 0. The Morgan fingerprint density at radius 1 is 1.33 bits per heavy atom. The molecular formula is C12H8BrClN2O2.